The minimum Gasteiger partial charge on any atom is -0.394 e. The molecule has 1 amide bonds. The second-order valence-electron chi connectivity index (χ2n) is 7.43. The lowest BCUT2D eigenvalue weighted by atomic mass is 9.94. The summed E-state index contributed by atoms with van der Waals surface area (Å²) in [6.45, 7) is 3.81. The summed E-state index contributed by atoms with van der Waals surface area (Å²) in [4.78, 5) is 14.5. The van der Waals surface area contributed by atoms with E-state index in [1.54, 1.807) is 0 Å². The topological polar surface area (TPSA) is 82.0 Å². The highest BCUT2D eigenvalue weighted by molar-refractivity contribution is 6.31. The molecule has 2 saturated heterocycles. The average molecular weight is 401 g/mol. The minimum atomic E-state index is -0.814. The maximum absolute atomic E-state index is 13.3. The first-order chi connectivity index (χ1) is 12.9. The first-order valence-electron chi connectivity index (χ1n) is 9.32. The molecule has 0 spiro atoms. The van der Waals surface area contributed by atoms with E-state index in [9.17, 15) is 19.4 Å². The number of amides is 1. The lowest BCUT2D eigenvalue weighted by molar-refractivity contribution is -0.0209. The van der Waals surface area contributed by atoms with Crippen molar-refractivity contribution in [2.24, 2.45) is 5.92 Å². The number of carbonyl (C=O) groups is 1. The van der Waals surface area contributed by atoms with E-state index in [0.29, 0.717) is 5.92 Å². The summed E-state index contributed by atoms with van der Waals surface area (Å²) < 4.78 is 19.1. The van der Waals surface area contributed by atoms with Crippen molar-refractivity contribution < 1.29 is 24.1 Å². The standard InChI is InChI=1S/C19H26ClFN2O4/c1-11-4-6-23(7-5-11)17-15(27-16(10-24)18(17)25)9-22-19(26)12-2-3-14(21)13(20)8-12/h2-3,8,11,15-18,24-25H,4-7,9-10H2,1H3,(H,22,26)/t15-,16+,17+,18-/m1/s1. The van der Waals surface area contributed by atoms with E-state index in [-0.39, 0.29) is 29.8 Å². The van der Waals surface area contributed by atoms with Gasteiger partial charge in [0.1, 0.15) is 18.0 Å². The summed E-state index contributed by atoms with van der Waals surface area (Å²) >= 11 is 5.73. The van der Waals surface area contributed by atoms with Crippen molar-refractivity contribution in [3.8, 4) is 0 Å². The Balaban J connectivity index is 1.65. The van der Waals surface area contributed by atoms with Crippen LogP contribution in [0, 0.1) is 11.7 Å². The van der Waals surface area contributed by atoms with Gasteiger partial charge >= 0.3 is 0 Å². The van der Waals surface area contributed by atoms with Crippen LogP contribution in [0.15, 0.2) is 18.2 Å². The highest BCUT2D eigenvalue weighted by Gasteiger charge is 2.46. The Morgan fingerprint density at radius 3 is 2.70 bits per heavy atom. The fourth-order valence-electron chi connectivity index (χ4n) is 3.86. The zero-order chi connectivity index (χ0) is 19.6. The van der Waals surface area contributed by atoms with Gasteiger partial charge in [-0.3, -0.25) is 9.69 Å². The van der Waals surface area contributed by atoms with Gasteiger partial charge in [0.15, 0.2) is 0 Å². The molecule has 3 N–H and O–H groups in total. The Hall–Kier alpha value is -1.25. The molecule has 150 valence electrons. The van der Waals surface area contributed by atoms with Gasteiger partial charge in [-0.15, -0.1) is 0 Å². The van der Waals surface area contributed by atoms with Gasteiger partial charge in [0.25, 0.3) is 5.91 Å². The van der Waals surface area contributed by atoms with Crippen LogP contribution >= 0.6 is 11.6 Å². The van der Waals surface area contributed by atoms with Crippen molar-refractivity contribution in [1.82, 2.24) is 10.2 Å². The van der Waals surface area contributed by atoms with Gasteiger partial charge in [-0.25, -0.2) is 4.39 Å². The largest absolute Gasteiger partial charge is 0.394 e. The zero-order valence-electron chi connectivity index (χ0n) is 15.3. The lowest BCUT2D eigenvalue weighted by Gasteiger charge is -2.38. The van der Waals surface area contributed by atoms with Crippen LogP contribution in [-0.2, 0) is 4.74 Å². The van der Waals surface area contributed by atoms with Crippen LogP contribution in [-0.4, -0.2) is 71.6 Å². The molecule has 0 aliphatic carbocycles. The Bertz CT molecular complexity index is 669. The number of aliphatic hydroxyl groups excluding tert-OH is 2. The van der Waals surface area contributed by atoms with Crippen molar-refractivity contribution in [2.45, 2.75) is 44.1 Å². The van der Waals surface area contributed by atoms with Crippen LogP contribution in [0.4, 0.5) is 4.39 Å². The minimum absolute atomic E-state index is 0.115. The number of carbonyl (C=O) groups excluding carboxylic acids is 1. The third-order valence-corrected chi connectivity index (χ3v) is 5.82. The number of hydrogen-bond acceptors (Lipinski definition) is 5. The van der Waals surface area contributed by atoms with Crippen molar-refractivity contribution in [1.29, 1.82) is 0 Å². The van der Waals surface area contributed by atoms with Gasteiger partial charge in [0, 0.05) is 12.1 Å². The van der Waals surface area contributed by atoms with Gasteiger partial charge in [0.2, 0.25) is 0 Å². The summed E-state index contributed by atoms with van der Waals surface area (Å²) in [5.41, 5.74) is 0.252. The summed E-state index contributed by atoms with van der Waals surface area (Å²) in [5, 5.41) is 22.7. The monoisotopic (exact) mass is 400 g/mol. The van der Waals surface area contributed by atoms with E-state index >= 15 is 0 Å². The zero-order valence-corrected chi connectivity index (χ0v) is 16.0. The summed E-state index contributed by atoms with van der Waals surface area (Å²) in [6, 6.07) is 3.50. The molecule has 3 rings (SSSR count). The van der Waals surface area contributed by atoms with Crippen molar-refractivity contribution in [2.75, 3.05) is 26.2 Å². The van der Waals surface area contributed by atoms with E-state index in [1.165, 1.54) is 12.1 Å². The van der Waals surface area contributed by atoms with Gasteiger partial charge in [-0.2, -0.15) is 0 Å². The van der Waals surface area contributed by atoms with E-state index in [0.717, 1.165) is 32.0 Å². The molecule has 0 aromatic heterocycles. The molecule has 6 nitrogen and oxygen atoms in total. The van der Waals surface area contributed by atoms with Crippen LogP contribution in [0.1, 0.15) is 30.1 Å². The number of hydrogen-bond donors (Lipinski definition) is 3. The maximum Gasteiger partial charge on any atom is 0.251 e. The molecule has 1 aromatic rings. The van der Waals surface area contributed by atoms with Gasteiger partial charge < -0.3 is 20.3 Å². The molecule has 8 heteroatoms. The highest BCUT2D eigenvalue weighted by atomic mass is 35.5. The first-order valence-corrected chi connectivity index (χ1v) is 9.70. The second-order valence-corrected chi connectivity index (χ2v) is 7.84. The predicted octanol–water partition coefficient (Wildman–Crippen LogP) is 1.43. The molecular weight excluding hydrogens is 375 g/mol. The maximum atomic E-state index is 13.3. The summed E-state index contributed by atoms with van der Waals surface area (Å²) in [6.07, 6.45) is 0.160. The summed E-state index contributed by atoms with van der Waals surface area (Å²) in [5.74, 6) is -0.329. The van der Waals surface area contributed by atoms with Crippen LogP contribution in [0.25, 0.3) is 0 Å². The van der Waals surface area contributed by atoms with E-state index in [1.807, 2.05) is 0 Å². The fourth-order valence-corrected chi connectivity index (χ4v) is 4.04. The Morgan fingerprint density at radius 1 is 1.37 bits per heavy atom. The number of benzene rings is 1. The molecule has 27 heavy (non-hydrogen) atoms. The Kier molecular flexibility index (Phi) is 6.70. The third-order valence-electron chi connectivity index (χ3n) is 5.53. The predicted molar refractivity (Wildman–Crippen MR) is 99.3 cm³/mol. The summed E-state index contributed by atoms with van der Waals surface area (Å²) in [7, 11) is 0. The Labute approximate surface area is 163 Å². The lowest BCUT2D eigenvalue weighted by Crippen LogP contribution is -2.53. The molecule has 0 bridgehead atoms. The molecule has 2 aliphatic heterocycles. The van der Waals surface area contributed by atoms with Crippen molar-refractivity contribution in [3.05, 3.63) is 34.6 Å². The first kappa shape index (κ1) is 20.5. The molecule has 2 fully saturated rings. The van der Waals surface area contributed by atoms with Crippen LogP contribution in [0.3, 0.4) is 0 Å². The second kappa shape index (κ2) is 8.84. The third kappa shape index (κ3) is 4.60. The number of nitrogens with zero attached hydrogens (tertiary/aromatic N) is 1. The van der Waals surface area contributed by atoms with Crippen molar-refractivity contribution >= 4 is 17.5 Å². The highest BCUT2D eigenvalue weighted by Crippen LogP contribution is 2.29. The van der Waals surface area contributed by atoms with Gasteiger partial charge in [-0.05, 0) is 50.0 Å². The number of piperidine rings is 1. The molecule has 2 heterocycles. The van der Waals surface area contributed by atoms with E-state index in [4.69, 9.17) is 16.3 Å². The van der Waals surface area contributed by atoms with Crippen LogP contribution in [0.5, 0.6) is 0 Å². The fraction of sp³-hybridized carbons (Fsp3) is 0.632. The SMILES string of the molecule is CC1CCN([C@@H]2[C@H](O)[C@H](CO)O[C@@H]2CNC(=O)c2ccc(F)c(Cl)c2)CC1. The number of rotatable bonds is 5. The number of halogens is 2. The number of nitrogens with one attached hydrogen (secondary N) is 1. The molecular formula is C19H26ClFN2O4. The number of likely N-dealkylation sites (tertiary alicyclic amines) is 1. The molecule has 0 radical (unpaired) electrons. The molecule has 2 aliphatic rings. The quantitative estimate of drug-likeness (QED) is 0.696. The van der Waals surface area contributed by atoms with Gasteiger partial charge in [-0.1, -0.05) is 18.5 Å². The number of aliphatic hydroxyl groups is 2. The Morgan fingerprint density at radius 2 is 2.07 bits per heavy atom. The molecule has 4 atom stereocenters. The van der Waals surface area contributed by atoms with E-state index in [2.05, 4.69) is 17.1 Å². The van der Waals surface area contributed by atoms with Crippen LogP contribution < -0.4 is 5.32 Å². The molecule has 0 saturated carbocycles. The smallest absolute Gasteiger partial charge is 0.251 e. The normalized spacial score (nSPS) is 29.8. The average Bonchev–Trinajstić information content (AvgIpc) is 2.98. The van der Waals surface area contributed by atoms with Crippen LogP contribution in [0.2, 0.25) is 5.02 Å². The molecule has 0 unspecified atom stereocenters. The van der Waals surface area contributed by atoms with Crippen molar-refractivity contribution in [3.63, 3.8) is 0 Å². The number of ether oxygens (including phenoxy) is 1. The van der Waals surface area contributed by atoms with E-state index < -0.39 is 30.0 Å². The van der Waals surface area contributed by atoms with Gasteiger partial charge in [0.05, 0.1) is 23.8 Å². The molecule has 1 aromatic carbocycles.